The molecule has 4 nitrogen and oxygen atoms in total. The van der Waals surface area contributed by atoms with E-state index in [9.17, 15) is 9.46 Å². The van der Waals surface area contributed by atoms with Gasteiger partial charge in [0.2, 0.25) is 0 Å². The molecule has 4 aliphatic carbocycles. The van der Waals surface area contributed by atoms with E-state index in [2.05, 4.69) is 41.5 Å². The maximum absolute atomic E-state index is 12.9. The molecule has 4 saturated carbocycles. The lowest BCUT2D eigenvalue weighted by atomic mass is 9.44. The van der Waals surface area contributed by atoms with E-state index in [1.165, 1.54) is 116 Å². The summed E-state index contributed by atoms with van der Waals surface area (Å²) in [5, 5.41) is 0. The van der Waals surface area contributed by atoms with Crippen molar-refractivity contribution >= 4 is 7.82 Å². The van der Waals surface area contributed by atoms with Crippen LogP contribution < -0.4 is 0 Å². The summed E-state index contributed by atoms with van der Waals surface area (Å²) in [6.45, 7) is 15.2. The topological polar surface area (TPSA) is 55.8 Å². The Balaban J connectivity index is 1.17. The third-order valence-corrected chi connectivity index (χ3v) is 15.2. The van der Waals surface area contributed by atoms with Gasteiger partial charge in [-0.25, -0.2) is 4.57 Å². The largest absolute Gasteiger partial charge is 0.472 e. The van der Waals surface area contributed by atoms with Crippen LogP contribution in [0.3, 0.4) is 0 Å². The van der Waals surface area contributed by atoms with Crippen LogP contribution in [0.15, 0.2) is 0 Å². The molecule has 4 aliphatic rings. The summed E-state index contributed by atoms with van der Waals surface area (Å²) in [4.78, 5) is 10.6. The molecule has 264 valence electrons. The van der Waals surface area contributed by atoms with E-state index in [4.69, 9.17) is 9.05 Å². The third kappa shape index (κ3) is 10.1. The molecule has 3 unspecified atom stereocenters. The van der Waals surface area contributed by atoms with Crippen LogP contribution >= 0.6 is 7.82 Å². The molecule has 0 aromatic heterocycles. The predicted molar refractivity (Wildman–Crippen MR) is 190 cm³/mol. The molecule has 45 heavy (non-hydrogen) atoms. The normalized spacial score (nSPS) is 36.7. The minimum atomic E-state index is -3.99. The Kier molecular flexibility index (Phi) is 14.9. The molecule has 4 rings (SSSR count). The summed E-state index contributed by atoms with van der Waals surface area (Å²) in [7, 11) is -3.99. The number of phosphoric acid groups is 1. The fourth-order valence-corrected chi connectivity index (χ4v) is 12.5. The van der Waals surface area contributed by atoms with Crippen molar-refractivity contribution < 1.29 is 18.5 Å². The van der Waals surface area contributed by atoms with E-state index in [0.29, 0.717) is 23.4 Å². The number of rotatable bonds is 20. The van der Waals surface area contributed by atoms with Gasteiger partial charge in [-0.3, -0.25) is 9.05 Å². The van der Waals surface area contributed by atoms with Crippen molar-refractivity contribution in [2.75, 3.05) is 6.61 Å². The van der Waals surface area contributed by atoms with Crippen molar-refractivity contribution in [3.63, 3.8) is 0 Å². The average molecular weight is 651 g/mol. The molecule has 0 aliphatic heterocycles. The first-order valence-corrected chi connectivity index (χ1v) is 21.7. The Morgan fingerprint density at radius 2 is 1.36 bits per heavy atom. The maximum atomic E-state index is 12.9. The molecule has 10 atom stereocenters. The van der Waals surface area contributed by atoms with Crippen LogP contribution in [0.4, 0.5) is 0 Å². The van der Waals surface area contributed by atoms with Crippen LogP contribution in [-0.4, -0.2) is 17.6 Å². The summed E-state index contributed by atoms with van der Waals surface area (Å²) in [6, 6.07) is 0. The van der Waals surface area contributed by atoms with Crippen LogP contribution in [0, 0.1) is 52.3 Å². The third-order valence-electron chi connectivity index (χ3n) is 14.1. The zero-order valence-corrected chi connectivity index (χ0v) is 31.6. The van der Waals surface area contributed by atoms with E-state index in [-0.39, 0.29) is 6.10 Å². The zero-order valence-electron chi connectivity index (χ0n) is 30.7. The van der Waals surface area contributed by atoms with Crippen LogP contribution in [0.5, 0.6) is 0 Å². The number of fused-ring (bicyclic) bond motifs is 5. The Morgan fingerprint density at radius 3 is 2.02 bits per heavy atom. The van der Waals surface area contributed by atoms with Crippen LogP contribution in [-0.2, 0) is 13.6 Å². The quantitative estimate of drug-likeness (QED) is 0.105. The second-order valence-electron chi connectivity index (χ2n) is 17.5. The summed E-state index contributed by atoms with van der Waals surface area (Å²) >= 11 is 0. The van der Waals surface area contributed by atoms with Gasteiger partial charge in [0.15, 0.2) is 0 Å². The maximum Gasteiger partial charge on any atom is 0.472 e. The lowest BCUT2D eigenvalue weighted by Gasteiger charge is -2.61. The second kappa shape index (κ2) is 17.7. The van der Waals surface area contributed by atoms with Gasteiger partial charge < -0.3 is 4.89 Å². The standard InChI is InChI=1S/C40H75O4P/c1-7-8-9-10-11-12-13-14-15-16-17-29-43-45(41,42)44-34-25-27-39(5)33(30-34)21-22-35-37-24-23-36(32(4)20-18-19-31(2)3)40(37,6)28-26-38(35)39/h31-38H,7-30H2,1-6H3,(H,41,42)/t32-,33+,34+,35+,36-,37?,38+,39?,40-/m1/s1. The number of unbranched alkanes of at least 4 members (excludes halogenated alkanes) is 10. The van der Waals surface area contributed by atoms with Crippen molar-refractivity contribution in [2.24, 2.45) is 52.3 Å². The van der Waals surface area contributed by atoms with Crippen molar-refractivity contribution in [3.8, 4) is 0 Å². The van der Waals surface area contributed by atoms with Gasteiger partial charge in [-0.15, -0.1) is 0 Å². The molecule has 5 heteroatoms. The highest BCUT2D eigenvalue weighted by Crippen LogP contribution is 2.69. The fourth-order valence-electron chi connectivity index (χ4n) is 11.5. The van der Waals surface area contributed by atoms with Crippen molar-refractivity contribution in [2.45, 2.75) is 195 Å². The van der Waals surface area contributed by atoms with Gasteiger partial charge in [-0.05, 0) is 116 Å². The molecular weight excluding hydrogens is 575 g/mol. The first kappa shape index (κ1) is 37.9. The van der Waals surface area contributed by atoms with Gasteiger partial charge >= 0.3 is 7.82 Å². The summed E-state index contributed by atoms with van der Waals surface area (Å²) in [5.41, 5.74) is 0.900. The lowest BCUT2D eigenvalue weighted by molar-refractivity contribution is -0.128. The van der Waals surface area contributed by atoms with E-state index >= 15 is 0 Å². The van der Waals surface area contributed by atoms with Crippen molar-refractivity contribution in [1.82, 2.24) is 0 Å². The Bertz CT molecular complexity index is 907. The van der Waals surface area contributed by atoms with Crippen molar-refractivity contribution in [3.05, 3.63) is 0 Å². The van der Waals surface area contributed by atoms with E-state index in [1.54, 1.807) is 0 Å². The minimum Gasteiger partial charge on any atom is -0.302 e. The highest BCUT2D eigenvalue weighted by Gasteiger charge is 2.60. The Labute approximate surface area is 280 Å². The summed E-state index contributed by atoms with van der Waals surface area (Å²) in [6.07, 6.45) is 29.2. The fraction of sp³-hybridized carbons (Fsp3) is 1.00. The molecule has 0 heterocycles. The first-order valence-electron chi connectivity index (χ1n) is 20.2. The molecule has 0 aromatic carbocycles. The summed E-state index contributed by atoms with van der Waals surface area (Å²) in [5.74, 6) is 5.82. The number of hydrogen-bond acceptors (Lipinski definition) is 3. The molecule has 0 bridgehead atoms. The van der Waals surface area contributed by atoms with Gasteiger partial charge in [0, 0.05) is 0 Å². The van der Waals surface area contributed by atoms with Gasteiger partial charge in [-0.1, -0.05) is 125 Å². The first-order chi connectivity index (χ1) is 21.5. The van der Waals surface area contributed by atoms with Gasteiger partial charge in [0.1, 0.15) is 0 Å². The van der Waals surface area contributed by atoms with Gasteiger partial charge in [0.05, 0.1) is 12.7 Å². The summed E-state index contributed by atoms with van der Waals surface area (Å²) < 4.78 is 24.2. The molecule has 0 saturated heterocycles. The highest BCUT2D eigenvalue weighted by atomic mass is 31.2. The SMILES string of the molecule is CCCCCCCCCCCCCOP(=O)(O)O[C@H]1CCC2(C)[C@@H](CC[C@H]3C4CC[C@H]([C@H](C)CCCC(C)C)[C@@]4(C)CC[C@@H]32)C1. The molecule has 0 spiro atoms. The van der Waals surface area contributed by atoms with Crippen molar-refractivity contribution in [1.29, 1.82) is 0 Å². The van der Waals surface area contributed by atoms with Gasteiger partial charge in [0.25, 0.3) is 0 Å². The van der Waals surface area contributed by atoms with Crippen LogP contribution in [0.25, 0.3) is 0 Å². The molecule has 1 N–H and O–H groups in total. The monoisotopic (exact) mass is 651 g/mol. The zero-order chi connectivity index (χ0) is 32.5. The van der Waals surface area contributed by atoms with E-state index < -0.39 is 7.82 Å². The van der Waals surface area contributed by atoms with Gasteiger partial charge in [-0.2, -0.15) is 0 Å². The number of phosphoric ester groups is 1. The van der Waals surface area contributed by atoms with E-state index in [0.717, 1.165) is 67.6 Å². The average Bonchev–Trinajstić information content (AvgIpc) is 3.35. The van der Waals surface area contributed by atoms with Crippen LogP contribution in [0.2, 0.25) is 0 Å². The molecule has 0 radical (unpaired) electrons. The Hall–Kier alpha value is 0.110. The second-order valence-corrected chi connectivity index (χ2v) is 18.9. The minimum absolute atomic E-state index is 0.135. The van der Waals surface area contributed by atoms with E-state index in [1.807, 2.05) is 0 Å². The molecule has 0 aromatic rings. The molecule has 0 amide bonds. The predicted octanol–water partition coefficient (Wildman–Crippen LogP) is 12.9. The smallest absolute Gasteiger partial charge is 0.302 e. The molecular formula is C40H75O4P. The number of hydrogen-bond donors (Lipinski definition) is 1. The molecule has 4 fully saturated rings. The van der Waals surface area contributed by atoms with Crippen LogP contribution in [0.1, 0.15) is 189 Å². The highest BCUT2D eigenvalue weighted by molar-refractivity contribution is 7.47. The Morgan fingerprint density at radius 1 is 0.733 bits per heavy atom. The lowest BCUT2D eigenvalue weighted by Crippen LogP contribution is -2.54.